The van der Waals surface area contributed by atoms with Crippen LogP contribution in [0.4, 0.5) is 10.5 Å². The van der Waals surface area contributed by atoms with Crippen LogP contribution < -0.4 is 4.74 Å². The van der Waals surface area contributed by atoms with Crippen LogP contribution in [0.3, 0.4) is 0 Å². The quantitative estimate of drug-likeness (QED) is 0.344. The molecule has 8 nitrogen and oxygen atoms in total. The lowest BCUT2D eigenvalue weighted by atomic mass is 10.1. The summed E-state index contributed by atoms with van der Waals surface area (Å²) in [7, 11) is 0. The predicted octanol–water partition coefficient (Wildman–Crippen LogP) is 4.83. The van der Waals surface area contributed by atoms with E-state index in [0.717, 1.165) is 11.0 Å². The molecular formula is C18H12BrClN2O6S. The minimum atomic E-state index is -0.739. The van der Waals surface area contributed by atoms with Crippen molar-refractivity contribution in [3.8, 4) is 11.5 Å². The molecule has 1 aliphatic rings. The van der Waals surface area contributed by atoms with E-state index in [2.05, 4.69) is 15.9 Å². The number of ether oxygens (including phenoxy) is 1. The zero-order valence-electron chi connectivity index (χ0n) is 14.5. The Hall–Kier alpha value is -2.56. The van der Waals surface area contributed by atoms with E-state index in [4.69, 9.17) is 16.3 Å². The van der Waals surface area contributed by atoms with Gasteiger partial charge in [0.1, 0.15) is 12.4 Å². The van der Waals surface area contributed by atoms with Crippen LogP contribution in [0.5, 0.6) is 11.5 Å². The fraction of sp³-hybridized carbons (Fsp3) is 0.111. The van der Waals surface area contributed by atoms with E-state index in [1.165, 1.54) is 12.1 Å². The molecule has 11 heteroatoms. The second-order valence-electron chi connectivity index (χ2n) is 5.76. The zero-order chi connectivity index (χ0) is 21.1. The average molecular weight is 500 g/mol. The van der Waals surface area contributed by atoms with Gasteiger partial charge in [0.2, 0.25) is 5.75 Å². The molecule has 29 heavy (non-hydrogen) atoms. The Bertz CT molecular complexity index is 1030. The van der Waals surface area contributed by atoms with Crippen LogP contribution in [0.1, 0.15) is 5.56 Å². The maximum absolute atomic E-state index is 12.5. The van der Waals surface area contributed by atoms with E-state index in [-0.39, 0.29) is 23.6 Å². The number of hydrogen-bond donors (Lipinski definition) is 1. The first-order valence-corrected chi connectivity index (χ1v) is 10.1. The van der Waals surface area contributed by atoms with Crippen molar-refractivity contribution < 1.29 is 24.4 Å². The number of carbonyl (C=O) groups is 2. The highest BCUT2D eigenvalue weighted by Gasteiger charge is 2.35. The second-order valence-corrected chi connectivity index (χ2v) is 8.10. The number of aromatic hydroxyl groups is 1. The van der Waals surface area contributed by atoms with E-state index in [1.807, 2.05) is 0 Å². The van der Waals surface area contributed by atoms with Crippen molar-refractivity contribution in [2.24, 2.45) is 0 Å². The number of phenolic OH excluding ortho intramolecular Hbond substituents is 1. The van der Waals surface area contributed by atoms with Gasteiger partial charge in [-0.2, -0.15) is 0 Å². The van der Waals surface area contributed by atoms with Crippen molar-refractivity contribution in [3.63, 3.8) is 0 Å². The molecule has 0 unspecified atom stereocenters. The largest absolute Gasteiger partial charge is 0.502 e. The van der Waals surface area contributed by atoms with Gasteiger partial charge >= 0.3 is 5.69 Å². The molecule has 2 aromatic carbocycles. The summed E-state index contributed by atoms with van der Waals surface area (Å²) in [4.78, 5) is 36.1. The highest BCUT2D eigenvalue weighted by molar-refractivity contribution is 9.10. The molecule has 3 rings (SSSR count). The number of phenols is 1. The number of hydrogen-bond acceptors (Lipinski definition) is 7. The molecule has 0 aliphatic carbocycles. The predicted molar refractivity (Wildman–Crippen MR) is 112 cm³/mol. The van der Waals surface area contributed by atoms with Gasteiger partial charge in [0, 0.05) is 21.1 Å². The lowest BCUT2D eigenvalue weighted by Gasteiger charge is -2.13. The summed E-state index contributed by atoms with van der Waals surface area (Å²) in [5.74, 6) is -0.610. The molecule has 150 valence electrons. The monoisotopic (exact) mass is 498 g/mol. The summed E-state index contributed by atoms with van der Waals surface area (Å²) < 4.78 is 5.85. The van der Waals surface area contributed by atoms with Crippen molar-refractivity contribution in [1.82, 2.24) is 4.90 Å². The molecule has 0 bridgehead atoms. The number of nitro benzene ring substituents is 1. The minimum absolute atomic E-state index is 0.0231. The first-order chi connectivity index (χ1) is 13.8. The Labute approximate surface area is 182 Å². The van der Waals surface area contributed by atoms with Gasteiger partial charge in [0.15, 0.2) is 0 Å². The van der Waals surface area contributed by atoms with Crippen LogP contribution >= 0.6 is 39.3 Å². The lowest BCUT2D eigenvalue weighted by molar-refractivity contribution is -0.385. The Morgan fingerprint density at radius 1 is 1.28 bits per heavy atom. The third kappa shape index (κ3) is 4.89. The lowest BCUT2D eigenvalue weighted by Crippen LogP contribution is -2.32. The molecule has 1 fully saturated rings. The first-order valence-electron chi connectivity index (χ1n) is 8.07. The number of thioether (sulfide) groups is 1. The van der Waals surface area contributed by atoms with Gasteiger partial charge in [0.25, 0.3) is 11.1 Å². The molecule has 2 amide bonds. The topological polar surface area (TPSA) is 110 Å². The number of nitro groups is 1. The second kappa shape index (κ2) is 8.85. The fourth-order valence-corrected chi connectivity index (χ4v) is 3.92. The maximum atomic E-state index is 12.5. The van der Waals surface area contributed by atoms with Crippen molar-refractivity contribution in [2.45, 2.75) is 0 Å². The van der Waals surface area contributed by atoms with Gasteiger partial charge in [-0.25, -0.2) is 0 Å². The molecular weight excluding hydrogens is 488 g/mol. The molecule has 0 saturated carbocycles. The van der Waals surface area contributed by atoms with Crippen molar-refractivity contribution in [3.05, 3.63) is 66.5 Å². The number of imide groups is 1. The third-order valence-corrected chi connectivity index (χ3v) is 5.46. The van der Waals surface area contributed by atoms with E-state index in [0.29, 0.717) is 27.0 Å². The van der Waals surface area contributed by atoms with Crippen molar-refractivity contribution in [1.29, 1.82) is 0 Å². The van der Waals surface area contributed by atoms with Gasteiger partial charge in [0.05, 0.1) is 16.4 Å². The molecule has 1 N–H and O–H groups in total. The number of nitrogens with zero attached hydrogens (tertiary/aromatic N) is 2. The number of benzene rings is 2. The van der Waals surface area contributed by atoms with E-state index in [1.54, 1.807) is 24.3 Å². The molecule has 0 spiro atoms. The van der Waals surface area contributed by atoms with Crippen LogP contribution in [-0.4, -0.2) is 39.2 Å². The molecule has 0 radical (unpaired) electrons. The summed E-state index contributed by atoms with van der Waals surface area (Å²) >= 11 is 9.61. The van der Waals surface area contributed by atoms with Gasteiger partial charge in [-0.05, 0) is 48.2 Å². The Morgan fingerprint density at radius 3 is 2.62 bits per heavy atom. The Kier molecular flexibility index (Phi) is 6.46. The number of amides is 2. The number of carbonyl (C=O) groups excluding carboxylic acids is 2. The highest BCUT2D eigenvalue weighted by Crippen LogP contribution is 2.38. The average Bonchev–Trinajstić information content (AvgIpc) is 2.93. The standard InChI is InChI=1S/C18H12BrClN2O6S/c19-11-7-10(16(23)14(9-11)22(26)27)8-15-17(24)21(18(25)29-15)5-6-28-13-3-1-12(20)2-4-13/h1-4,7-9,23H,5-6H2/b15-8-. The van der Waals surface area contributed by atoms with E-state index < -0.39 is 27.5 Å². The van der Waals surface area contributed by atoms with E-state index >= 15 is 0 Å². The summed E-state index contributed by atoms with van der Waals surface area (Å²) in [6.45, 7) is 0.107. The van der Waals surface area contributed by atoms with Crippen molar-refractivity contribution >= 4 is 62.2 Å². The van der Waals surface area contributed by atoms with Crippen molar-refractivity contribution in [2.75, 3.05) is 13.2 Å². The number of halogens is 2. The Balaban J connectivity index is 1.73. The van der Waals surface area contributed by atoms with Crippen LogP contribution in [0, 0.1) is 10.1 Å². The third-order valence-electron chi connectivity index (χ3n) is 3.84. The molecule has 0 atom stereocenters. The summed E-state index contributed by atoms with van der Waals surface area (Å²) in [6, 6.07) is 9.21. The highest BCUT2D eigenvalue weighted by atomic mass is 79.9. The first kappa shape index (κ1) is 21.2. The van der Waals surface area contributed by atoms with Crippen LogP contribution in [0.2, 0.25) is 5.02 Å². The van der Waals surface area contributed by atoms with E-state index in [9.17, 15) is 24.8 Å². The zero-order valence-corrected chi connectivity index (χ0v) is 17.7. The number of rotatable bonds is 6. The normalized spacial score (nSPS) is 15.2. The fourth-order valence-electron chi connectivity index (χ4n) is 2.47. The smallest absolute Gasteiger partial charge is 0.312 e. The molecule has 1 saturated heterocycles. The van der Waals surface area contributed by atoms with Gasteiger partial charge in [-0.15, -0.1) is 0 Å². The summed E-state index contributed by atoms with van der Waals surface area (Å²) in [5.41, 5.74) is -0.463. The van der Waals surface area contributed by atoms with Crippen LogP contribution in [0.25, 0.3) is 6.08 Å². The minimum Gasteiger partial charge on any atom is -0.502 e. The summed E-state index contributed by atoms with van der Waals surface area (Å²) in [5, 5.41) is 21.2. The van der Waals surface area contributed by atoms with Gasteiger partial charge in [-0.3, -0.25) is 24.6 Å². The summed E-state index contributed by atoms with van der Waals surface area (Å²) in [6.07, 6.45) is 1.25. The maximum Gasteiger partial charge on any atom is 0.312 e. The van der Waals surface area contributed by atoms with Crippen LogP contribution in [-0.2, 0) is 4.79 Å². The van der Waals surface area contributed by atoms with Gasteiger partial charge in [-0.1, -0.05) is 27.5 Å². The molecule has 1 aliphatic heterocycles. The molecule has 2 aromatic rings. The molecule has 0 aromatic heterocycles. The molecule has 1 heterocycles. The SMILES string of the molecule is O=C1S/C(=C\c2cc(Br)cc([N+](=O)[O-])c2O)C(=O)N1CCOc1ccc(Cl)cc1. The van der Waals surface area contributed by atoms with Gasteiger partial charge < -0.3 is 9.84 Å². The van der Waals surface area contributed by atoms with Crippen LogP contribution in [0.15, 0.2) is 45.8 Å². The Morgan fingerprint density at radius 2 is 1.97 bits per heavy atom.